The fraction of sp³-hybridized carbons (Fsp3) is 0.333. The second-order valence-corrected chi connectivity index (χ2v) is 4.42. The lowest BCUT2D eigenvalue weighted by molar-refractivity contribution is 0.562. The van der Waals surface area contributed by atoms with Crippen molar-refractivity contribution >= 4 is 10.8 Å². The average molecular weight is 228 g/mol. The maximum atomic E-state index is 5.49. The highest BCUT2D eigenvalue weighted by Gasteiger charge is 2.04. The molecular formula is C15H20N2. The first kappa shape index (κ1) is 12.1. The lowest BCUT2D eigenvalue weighted by Crippen LogP contribution is -2.21. The number of fused-ring (bicyclic) bond motifs is 1. The first-order valence-electron chi connectivity index (χ1n) is 6.23. The minimum atomic E-state index is 0.381. The van der Waals surface area contributed by atoms with Gasteiger partial charge in [0, 0.05) is 6.04 Å². The summed E-state index contributed by atoms with van der Waals surface area (Å²) in [6, 6.07) is 15.5. The summed E-state index contributed by atoms with van der Waals surface area (Å²) in [6.45, 7) is 3.92. The molecule has 2 aromatic rings. The number of nitrogens with one attached hydrogen (secondary N) is 1. The normalized spacial score (nSPS) is 12.8. The van der Waals surface area contributed by atoms with Gasteiger partial charge in [0.2, 0.25) is 0 Å². The van der Waals surface area contributed by atoms with Gasteiger partial charge in [-0.15, -0.1) is 0 Å². The highest BCUT2D eigenvalue weighted by molar-refractivity contribution is 5.83. The van der Waals surface area contributed by atoms with Crippen LogP contribution in [0.25, 0.3) is 10.8 Å². The topological polar surface area (TPSA) is 38.0 Å². The summed E-state index contributed by atoms with van der Waals surface area (Å²) in [5, 5.41) is 6.08. The van der Waals surface area contributed by atoms with E-state index in [0.717, 1.165) is 19.5 Å². The summed E-state index contributed by atoms with van der Waals surface area (Å²) in [7, 11) is 0. The van der Waals surface area contributed by atoms with Crippen LogP contribution in [0.2, 0.25) is 0 Å². The van der Waals surface area contributed by atoms with Crippen LogP contribution < -0.4 is 11.1 Å². The van der Waals surface area contributed by atoms with Crippen LogP contribution in [0.1, 0.15) is 24.9 Å². The van der Waals surface area contributed by atoms with Gasteiger partial charge in [-0.3, -0.25) is 0 Å². The predicted octanol–water partition coefficient (Wildman–Crippen LogP) is 2.84. The van der Waals surface area contributed by atoms with Crippen molar-refractivity contribution < 1.29 is 0 Å². The van der Waals surface area contributed by atoms with Crippen molar-refractivity contribution in [2.75, 3.05) is 13.1 Å². The van der Waals surface area contributed by atoms with Crippen LogP contribution in [-0.4, -0.2) is 13.1 Å². The molecule has 0 saturated heterocycles. The minimum absolute atomic E-state index is 0.381. The van der Waals surface area contributed by atoms with Crippen molar-refractivity contribution in [2.24, 2.45) is 5.73 Å². The smallest absolute Gasteiger partial charge is 0.0292 e. The molecule has 0 fully saturated rings. The molecule has 2 heteroatoms. The molecule has 17 heavy (non-hydrogen) atoms. The van der Waals surface area contributed by atoms with Crippen LogP contribution in [0.3, 0.4) is 0 Å². The Hall–Kier alpha value is -1.38. The summed E-state index contributed by atoms with van der Waals surface area (Å²) in [4.78, 5) is 0. The van der Waals surface area contributed by atoms with E-state index >= 15 is 0 Å². The molecule has 0 spiro atoms. The Kier molecular flexibility index (Phi) is 4.13. The maximum Gasteiger partial charge on any atom is 0.0292 e. The van der Waals surface area contributed by atoms with E-state index in [1.165, 1.54) is 16.3 Å². The third kappa shape index (κ3) is 3.05. The van der Waals surface area contributed by atoms with E-state index in [-0.39, 0.29) is 0 Å². The van der Waals surface area contributed by atoms with Crippen molar-refractivity contribution in [2.45, 2.75) is 19.4 Å². The van der Waals surface area contributed by atoms with E-state index in [9.17, 15) is 0 Å². The van der Waals surface area contributed by atoms with E-state index in [1.807, 2.05) is 0 Å². The van der Waals surface area contributed by atoms with E-state index in [2.05, 4.69) is 54.7 Å². The van der Waals surface area contributed by atoms with Gasteiger partial charge in [0.15, 0.2) is 0 Å². The minimum Gasteiger partial charge on any atom is -0.330 e. The molecule has 0 radical (unpaired) electrons. The zero-order valence-electron chi connectivity index (χ0n) is 10.3. The monoisotopic (exact) mass is 228 g/mol. The number of benzene rings is 2. The molecule has 0 aromatic heterocycles. The summed E-state index contributed by atoms with van der Waals surface area (Å²) in [5.41, 5.74) is 6.82. The lowest BCUT2D eigenvalue weighted by atomic mass is 10.0. The number of hydrogen-bond donors (Lipinski definition) is 2. The molecule has 3 N–H and O–H groups in total. The van der Waals surface area contributed by atoms with Gasteiger partial charge in [-0.2, -0.15) is 0 Å². The molecule has 0 aliphatic rings. The zero-order valence-corrected chi connectivity index (χ0v) is 10.3. The van der Waals surface area contributed by atoms with Gasteiger partial charge < -0.3 is 11.1 Å². The molecule has 1 unspecified atom stereocenters. The van der Waals surface area contributed by atoms with Crippen molar-refractivity contribution in [3.8, 4) is 0 Å². The molecule has 2 nitrogen and oxygen atoms in total. The summed E-state index contributed by atoms with van der Waals surface area (Å²) >= 11 is 0. The molecule has 0 amide bonds. The first-order valence-corrected chi connectivity index (χ1v) is 6.23. The van der Waals surface area contributed by atoms with Crippen LogP contribution >= 0.6 is 0 Å². The van der Waals surface area contributed by atoms with E-state index < -0.39 is 0 Å². The lowest BCUT2D eigenvalue weighted by Gasteiger charge is -2.14. The molecule has 0 aliphatic heterocycles. The fourth-order valence-electron chi connectivity index (χ4n) is 2.02. The highest BCUT2D eigenvalue weighted by atomic mass is 14.9. The number of rotatable bonds is 5. The van der Waals surface area contributed by atoms with E-state index in [1.54, 1.807) is 0 Å². The summed E-state index contributed by atoms with van der Waals surface area (Å²) in [6.07, 6.45) is 1.03. The van der Waals surface area contributed by atoms with E-state index in [4.69, 9.17) is 5.73 Å². The SMILES string of the molecule is CC(NCCCN)c1ccc2ccccc2c1. The number of nitrogens with two attached hydrogens (primary N) is 1. The van der Waals surface area contributed by atoms with Crippen molar-refractivity contribution in [3.05, 3.63) is 48.0 Å². The standard InChI is InChI=1S/C15H20N2/c1-12(17-10-4-9-16)14-8-7-13-5-2-3-6-15(13)11-14/h2-3,5-8,11-12,17H,4,9-10,16H2,1H3. The Morgan fingerprint density at radius 2 is 1.88 bits per heavy atom. The van der Waals surface area contributed by atoms with Crippen molar-refractivity contribution in [1.29, 1.82) is 0 Å². The molecule has 2 rings (SSSR count). The molecular weight excluding hydrogens is 208 g/mol. The Labute approximate surface area is 103 Å². The summed E-state index contributed by atoms with van der Waals surface area (Å²) < 4.78 is 0. The molecule has 90 valence electrons. The van der Waals surface area contributed by atoms with Gasteiger partial charge in [0.25, 0.3) is 0 Å². The maximum absolute atomic E-state index is 5.49. The second kappa shape index (κ2) is 5.80. The van der Waals surface area contributed by atoms with Gasteiger partial charge in [-0.25, -0.2) is 0 Å². The van der Waals surface area contributed by atoms with Gasteiger partial charge in [-0.05, 0) is 48.8 Å². The largest absolute Gasteiger partial charge is 0.330 e. The first-order chi connectivity index (χ1) is 8.31. The summed E-state index contributed by atoms with van der Waals surface area (Å²) in [5.74, 6) is 0. The molecule has 0 saturated carbocycles. The molecule has 0 aliphatic carbocycles. The third-order valence-electron chi connectivity index (χ3n) is 3.10. The Bertz CT molecular complexity index is 479. The van der Waals surface area contributed by atoms with Crippen molar-refractivity contribution in [1.82, 2.24) is 5.32 Å². The van der Waals surface area contributed by atoms with Crippen LogP contribution in [0.4, 0.5) is 0 Å². The Morgan fingerprint density at radius 3 is 2.65 bits per heavy atom. The van der Waals surface area contributed by atoms with Gasteiger partial charge in [0.05, 0.1) is 0 Å². The number of hydrogen-bond acceptors (Lipinski definition) is 2. The van der Waals surface area contributed by atoms with Crippen molar-refractivity contribution in [3.63, 3.8) is 0 Å². The zero-order chi connectivity index (χ0) is 12.1. The van der Waals surface area contributed by atoms with Gasteiger partial charge >= 0.3 is 0 Å². The molecule has 1 atom stereocenters. The van der Waals surface area contributed by atoms with Crippen LogP contribution in [-0.2, 0) is 0 Å². The quantitative estimate of drug-likeness (QED) is 0.772. The Morgan fingerprint density at radius 1 is 1.12 bits per heavy atom. The van der Waals surface area contributed by atoms with Gasteiger partial charge in [-0.1, -0.05) is 36.4 Å². The van der Waals surface area contributed by atoms with Crippen LogP contribution in [0.5, 0.6) is 0 Å². The third-order valence-corrected chi connectivity index (χ3v) is 3.10. The highest BCUT2D eigenvalue weighted by Crippen LogP contribution is 2.19. The molecule has 0 heterocycles. The molecule has 2 aromatic carbocycles. The average Bonchev–Trinajstić information content (AvgIpc) is 2.38. The van der Waals surface area contributed by atoms with Gasteiger partial charge in [0.1, 0.15) is 0 Å². The van der Waals surface area contributed by atoms with Crippen LogP contribution in [0.15, 0.2) is 42.5 Å². The fourth-order valence-corrected chi connectivity index (χ4v) is 2.02. The van der Waals surface area contributed by atoms with E-state index in [0.29, 0.717) is 6.04 Å². The second-order valence-electron chi connectivity index (χ2n) is 4.42. The van der Waals surface area contributed by atoms with Crippen LogP contribution in [0, 0.1) is 0 Å². The Balaban J connectivity index is 2.12. The molecule has 0 bridgehead atoms. The predicted molar refractivity (Wildman–Crippen MR) is 74.0 cm³/mol.